The highest BCUT2D eigenvalue weighted by atomic mass is 35.5. The molecular weight excluding hydrogens is 374 g/mol. The highest BCUT2D eigenvalue weighted by Gasteiger charge is 2.12. The zero-order valence-corrected chi connectivity index (χ0v) is 16.6. The fraction of sp³-hybridized carbons (Fsp3) is 0.278. The van der Waals surface area contributed by atoms with Crippen LogP contribution in [0.5, 0.6) is 0 Å². The SMILES string of the molecule is CCNCc1ccccc1NC(=O)c1ccc(C)c(NS(C)(=O)=O)c1.Cl. The first-order chi connectivity index (χ1) is 11.8. The number of carbonyl (C=O) groups is 1. The standard InChI is InChI=1S/C18H23N3O3S.ClH/c1-4-19-12-15-7-5-6-8-16(15)20-18(22)14-10-9-13(2)17(11-14)21-25(3,23)24;/h5-11,19,21H,4,12H2,1-3H3,(H,20,22);1H. The number of amides is 1. The van der Waals surface area contributed by atoms with Gasteiger partial charge in [0.1, 0.15) is 0 Å². The van der Waals surface area contributed by atoms with Gasteiger partial charge in [-0.2, -0.15) is 0 Å². The number of hydrogen-bond donors (Lipinski definition) is 3. The number of halogens is 1. The van der Waals surface area contributed by atoms with E-state index in [0.717, 1.165) is 29.6 Å². The van der Waals surface area contributed by atoms with Gasteiger partial charge in [0.05, 0.1) is 11.9 Å². The molecule has 0 aliphatic carbocycles. The zero-order valence-electron chi connectivity index (χ0n) is 15.0. The summed E-state index contributed by atoms with van der Waals surface area (Å²) in [7, 11) is -3.41. The number of para-hydroxylation sites is 1. The van der Waals surface area contributed by atoms with Gasteiger partial charge in [-0.3, -0.25) is 9.52 Å². The van der Waals surface area contributed by atoms with E-state index in [0.29, 0.717) is 17.8 Å². The second kappa shape index (κ2) is 9.56. The van der Waals surface area contributed by atoms with Gasteiger partial charge < -0.3 is 10.6 Å². The average molecular weight is 398 g/mol. The molecule has 142 valence electrons. The van der Waals surface area contributed by atoms with Crippen LogP contribution in [0.25, 0.3) is 0 Å². The summed E-state index contributed by atoms with van der Waals surface area (Å²) in [6.07, 6.45) is 1.08. The number of hydrogen-bond acceptors (Lipinski definition) is 4. The molecule has 0 spiro atoms. The van der Waals surface area contributed by atoms with Gasteiger partial charge in [-0.15, -0.1) is 12.4 Å². The molecule has 0 aliphatic rings. The summed E-state index contributed by atoms with van der Waals surface area (Å²) in [4.78, 5) is 12.6. The molecule has 0 heterocycles. The lowest BCUT2D eigenvalue weighted by molar-refractivity contribution is 0.102. The number of benzene rings is 2. The Labute approximate surface area is 160 Å². The van der Waals surface area contributed by atoms with Gasteiger partial charge in [0.2, 0.25) is 10.0 Å². The monoisotopic (exact) mass is 397 g/mol. The molecule has 2 aromatic carbocycles. The third-order valence-corrected chi connectivity index (χ3v) is 4.22. The van der Waals surface area contributed by atoms with Crippen LogP contribution in [0.15, 0.2) is 42.5 Å². The molecule has 3 N–H and O–H groups in total. The van der Waals surface area contributed by atoms with Crippen molar-refractivity contribution in [3.05, 3.63) is 59.2 Å². The third kappa shape index (κ3) is 6.33. The van der Waals surface area contributed by atoms with Crippen LogP contribution in [0.3, 0.4) is 0 Å². The van der Waals surface area contributed by atoms with Crippen molar-refractivity contribution in [1.29, 1.82) is 0 Å². The summed E-state index contributed by atoms with van der Waals surface area (Å²) in [5.41, 5.74) is 3.24. The van der Waals surface area contributed by atoms with Crippen LogP contribution in [0.1, 0.15) is 28.4 Å². The lowest BCUT2D eigenvalue weighted by atomic mass is 10.1. The lowest BCUT2D eigenvalue weighted by Gasteiger charge is -2.13. The van der Waals surface area contributed by atoms with Crippen LogP contribution in [0.4, 0.5) is 11.4 Å². The van der Waals surface area contributed by atoms with Crippen LogP contribution >= 0.6 is 12.4 Å². The number of aryl methyl sites for hydroxylation is 1. The zero-order chi connectivity index (χ0) is 18.4. The van der Waals surface area contributed by atoms with Gasteiger partial charge >= 0.3 is 0 Å². The molecule has 0 unspecified atom stereocenters. The van der Waals surface area contributed by atoms with Crippen molar-refractivity contribution in [3.63, 3.8) is 0 Å². The van der Waals surface area contributed by atoms with Gasteiger partial charge in [0.25, 0.3) is 5.91 Å². The van der Waals surface area contributed by atoms with E-state index in [1.807, 2.05) is 31.2 Å². The van der Waals surface area contributed by atoms with Crippen molar-refractivity contribution in [2.45, 2.75) is 20.4 Å². The summed E-state index contributed by atoms with van der Waals surface area (Å²) in [5.74, 6) is -0.291. The molecule has 0 aromatic heterocycles. The molecular formula is C18H24ClN3O3S. The topological polar surface area (TPSA) is 87.3 Å². The molecule has 0 bridgehead atoms. The van der Waals surface area contributed by atoms with Crippen LogP contribution in [0, 0.1) is 6.92 Å². The van der Waals surface area contributed by atoms with E-state index < -0.39 is 10.0 Å². The van der Waals surface area contributed by atoms with E-state index in [-0.39, 0.29) is 18.3 Å². The molecule has 6 nitrogen and oxygen atoms in total. The predicted molar refractivity (Wildman–Crippen MR) is 109 cm³/mol. The summed E-state index contributed by atoms with van der Waals surface area (Å²) in [5, 5.41) is 6.12. The number of sulfonamides is 1. The molecule has 26 heavy (non-hydrogen) atoms. The molecule has 0 aliphatic heterocycles. The Balaban J connectivity index is 0.00000338. The fourth-order valence-corrected chi connectivity index (χ4v) is 2.94. The average Bonchev–Trinajstić information content (AvgIpc) is 2.54. The Bertz CT molecular complexity index is 870. The Morgan fingerprint density at radius 1 is 1.08 bits per heavy atom. The second-order valence-electron chi connectivity index (χ2n) is 5.80. The van der Waals surface area contributed by atoms with E-state index in [1.54, 1.807) is 25.1 Å². The first kappa shape index (κ1) is 22.0. The van der Waals surface area contributed by atoms with E-state index >= 15 is 0 Å². The first-order valence-electron chi connectivity index (χ1n) is 7.98. The first-order valence-corrected chi connectivity index (χ1v) is 9.87. The molecule has 0 saturated carbocycles. The molecule has 0 fully saturated rings. The maximum absolute atomic E-state index is 12.6. The fourth-order valence-electron chi connectivity index (χ4n) is 2.32. The van der Waals surface area contributed by atoms with Crippen LogP contribution in [-0.2, 0) is 16.6 Å². The van der Waals surface area contributed by atoms with Gasteiger partial charge in [0, 0.05) is 17.8 Å². The molecule has 0 saturated heterocycles. The van der Waals surface area contributed by atoms with Gasteiger partial charge in [-0.25, -0.2) is 8.42 Å². The third-order valence-electron chi connectivity index (χ3n) is 3.63. The molecule has 0 atom stereocenters. The maximum atomic E-state index is 12.6. The Kier molecular flexibility index (Phi) is 8.08. The number of anilines is 2. The van der Waals surface area contributed by atoms with Gasteiger partial charge in [0.15, 0.2) is 0 Å². The van der Waals surface area contributed by atoms with Gasteiger partial charge in [-0.1, -0.05) is 31.2 Å². The van der Waals surface area contributed by atoms with Crippen molar-refractivity contribution in [3.8, 4) is 0 Å². The Morgan fingerprint density at radius 2 is 1.77 bits per heavy atom. The van der Waals surface area contributed by atoms with Crippen molar-refractivity contribution in [2.75, 3.05) is 22.8 Å². The van der Waals surface area contributed by atoms with Crippen LogP contribution in [-0.4, -0.2) is 27.1 Å². The maximum Gasteiger partial charge on any atom is 0.255 e. The molecule has 1 amide bonds. The summed E-state index contributed by atoms with van der Waals surface area (Å²) in [6, 6.07) is 12.5. The normalized spacial score (nSPS) is 10.7. The second-order valence-corrected chi connectivity index (χ2v) is 7.54. The smallest absolute Gasteiger partial charge is 0.255 e. The summed E-state index contributed by atoms with van der Waals surface area (Å²) in [6.45, 7) is 5.28. The van der Waals surface area contributed by atoms with E-state index in [1.165, 1.54) is 0 Å². The van der Waals surface area contributed by atoms with Crippen molar-refractivity contribution in [2.24, 2.45) is 0 Å². The summed E-state index contributed by atoms with van der Waals surface area (Å²) >= 11 is 0. The number of nitrogens with one attached hydrogen (secondary N) is 3. The minimum atomic E-state index is -3.41. The van der Waals surface area contributed by atoms with Crippen molar-refractivity contribution >= 4 is 39.7 Å². The molecule has 8 heteroatoms. The largest absolute Gasteiger partial charge is 0.322 e. The highest BCUT2D eigenvalue weighted by molar-refractivity contribution is 7.92. The number of carbonyl (C=O) groups excluding carboxylic acids is 1. The molecule has 0 radical (unpaired) electrons. The van der Waals surface area contributed by atoms with Crippen LogP contribution in [0.2, 0.25) is 0 Å². The predicted octanol–water partition coefficient (Wildman–Crippen LogP) is 3.15. The Hall–Kier alpha value is -2.09. The van der Waals surface area contributed by atoms with E-state index in [4.69, 9.17) is 0 Å². The van der Waals surface area contributed by atoms with Gasteiger partial charge in [-0.05, 0) is 42.8 Å². The van der Waals surface area contributed by atoms with Crippen molar-refractivity contribution in [1.82, 2.24) is 5.32 Å². The quantitative estimate of drug-likeness (QED) is 0.669. The minimum Gasteiger partial charge on any atom is -0.322 e. The highest BCUT2D eigenvalue weighted by Crippen LogP contribution is 2.20. The lowest BCUT2D eigenvalue weighted by Crippen LogP contribution is -2.17. The molecule has 2 aromatic rings. The Morgan fingerprint density at radius 3 is 2.42 bits per heavy atom. The molecule has 2 rings (SSSR count). The number of rotatable bonds is 7. The van der Waals surface area contributed by atoms with E-state index in [9.17, 15) is 13.2 Å². The minimum absolute atomic E-state index is 0. The van der Waals surface area contributed by atoms with E-state index in [2.05, 4.69) is 15.4 Å². The van der Waals surface area contributed by atoms with Crippen LogP contribution < -0.4 is 15.4 Å². The van der Waals surface area contributed by atoms with Crippen molar-refractivity contribution < 1.29 is 13.2 Å². The summed E-state index contributed by atoms with van der Waals surface area (Å²) < 4.78 is 25.3.